The number of likely N-dealkylation sites (tertiary alicyclic amines) is 1. The number of amides is 1. The SMILES string of the molecule is COc1cccc(OC)c1C1CCN(C(=O)c2cn(Cc3ccnc(C)c3)c3cc(Cl)ccc23)CC1. The topological polar surface area (TPSA) is 56.6 Å². The molecule has 0 N–H and O–H groups in total. The average Bonchev–Trinajstić information content (AvgIpc) is 3.25. The summed E-state index contributed by atoms with van der Waals surface area (Å²) < 4.78 is 13.4. The number of carbonyl (C=O) groups is 1. The molecule has 0 radical (unpaired) electrons. The number of nitrogens with zero attached hydrogens (tertiary/aromatic N) is 3. The van der Waals surface area contributed by atoms with E-state index in [0.717, 1.165) is 52.1 Å². The van der Waals surface area contributed by atoms with E-state index in [1.54, 1.807) is 14.2 Å². The van der Waals surface area contributed by atoms with Gasteiger partial charge in [0.15, 0.2) is 0 Å². The molecule has 1 saturated heterocycles. The Morgan fingerprint density at radius 3 is 2.44 bits per heavy atom. The van der Waals surface area contributed by atoms with Gasteiger partial charge in [-0.15, -0.1) is 0 Å². The number of carbonyl (C=O) groups excluding carboxylic acids is 1. The second-order valence-corrected chi connectivity index (χ2v) is 9.72. The van der Waals surface area contributed by atoms with E-state index < -0.39 is 0 Å². The van der Waals surface area contributed by atoms with Crippen LogP contribution in [0.2, 0.25) is 5.02 Å². The van der Waals surface area contributed by atoms with Gasteiger partial charge in [-0.3, -0.25) is 9.78 Å². The molecular formula is C29H30ClN3O3. The quantitative estimate of drug-likeness (QED) is 0.320. The third kappa shape index (κ3) is 4.65. The lowest BCUT2D eigenvalue weighted by molar-refractivity contribution is 0.0714. The van der Waals surface area contributed by atoms with Crippen LogP contribution in [-0.2, 0) is 6.54 Å². The summed E-state index contributed by atoms with van der Waals surface area (Å²) in [6.45, 7) is 3.97. The van der Waals surface area contributed by atoms with Gasteiger partial charge in [-0.1, -0.05) is 23.7 Å². The van der Waals surface area contributed by atoms with Crippen LogP contribution in [0, 0.1) is 6.92 Å². The fraction of sp³-hybridized carbons (Fsp3) is 0.310. The number of benzene rings is 2. The maximum atomic E-state index is 13.7. The molecule has 186 valence electrons. The van der Waals surface area contributed by atoms with E-state index in [-0.39, 0.29) is 11.8 Å². The molecular weight excluding hydrogens is 474 g/mol. The Morgan fingerprint density at radius 1 is 1.06 bits per heavy atom. The van der Waals surface area contributed by atoms with E-state index in [1.807, 2.05) is 66.7 Å². The molecule has 36 heavy (non-hydrogen) atoms. The highest BCUT2D eigenvalue weighted by atomic mass is 35.5. The maximum absolute atomic E-state index is 13.7. The van der Waals surface area contributed by atoms with Crippen molar-refractivity contribution in [2.75, 3.05) is 27.3 Å². The maximum Gasteiger partial charge on any atom is 0.256 e. The Bertz CT molecular complexity index is 1380. The van der Waals surface area contributed by atoms with Crippen molar-refractivity contribution >= 4 is 28.4 Å². The minimum absolute atomic E-state index is 0.0532. The van der Waals surface area contributed by atoms with Crippen LogP contribution in [0.4, 0.5) is 0 Å². The molecule has 1 aliphatic rings. The highest BCUT2D eigenvalue weighted by Crippen LogP contribution is 2.40. The van der Waals surface area contributed by atoms with Gasteiger partial charge in [-0.2, -0.15) is 0 Å². The molecule has 3 heterocycles. The van der Waals surface area contributed by atoms with Gasteiger partial charge >= 0.3 is 0 Å². The van der Waals surface area contributed by atoms with Gasteiger partial charge in [0.2, 0.25) is 0 Å². The number of aryl methyl sites for hydroxylation is 1. The molecule has 1 amide bonds. The lowest BCUT2D eigenvalue weighted by Crippen LogP contribution is -2.38. The summed E-state index contributed by atoms with van der Waals surface area (Å²) >= 11 is 6.34. The van der Waals surface area contributed by atoms with E-state index in [4.69, 9.17) is 21.1 Å². The van der Waals surface area contributed by atoms with Gasteiger partial charge in [0.1, 0.15) is 11.5 Å². The molecule has 1 aliphatic heterocycles. The number of rotatable bonds is 6. The smallest absolute Gasteiger partial charge is 0.256 e. The zero-order valence-corrected chi connectivity index (χ0v) is 21.6. The summed E-state index contributed by atoms with van der Waals surface area (Å²) in [5.74, 6) is 2.00. The molecule has 4 aromatic rings. The van der Waals surface area contributed by atoms with E-state index in [2.05, 4.69) is 15.6 Å². The summed E-state index contributed by atoms with van der Waals surface area (Å²) in [6.07, 6.45) is 5.48. The number of pyridine rings is 1. The molecule has 0 unspecified atom stereocenters. The van der Waals surface area contributed by atoms with Crippen molar-refractivity contribution in [1.29, 1.82) is 0 Å². The largest absolute Gasteiger partial charge is 0.496 e. The number of methoxy groups -OCH3 is 2. The van der Waals surface area contributed by atoms with Crippen molar-refractivity contribution in [3.05, 3.63) is 88.3 Å². The second-order valence-electron chi connectivity index (χ2n) is 9.28. The van der Waals surface area contributed by atoms with Crippen LogP contribution < -0.4 is 9.47 Å². The molecule has 0 bridgehead atoms. The van der Waals surface area contributed by atoms with E-state index in [0.29, 0.717) is 30.2 Å². The predicted octanol–water partition coefficient (Wildman–Crippen LogP) is 6.08. The first kappa shape index (κ1) is 24.2. The lowest BCUT2D eigenvalue weighted by Gasteiger charge is -2.33. The first-order chi connectivity index (χ1) is 17.5. The molecule has 5 rings (SSSR count). The van der Waals surface area contributed by atoms with Gasteiger partial charge in [0.05, 0.1) is 25.3 Å². The molecule has 0 aliphatic carbocycles. The Morgan fingerprint density at radius 2 is 1.78 bits per heavy atom. The van der Waals surface area contributed by atoms with Gasteiger partial charge in [-0.25, -0.2) is 0 Å². The summed E-state index contributed by atoms with van der Waals surface area (Å²) in [5, 5.41) is 1.57. The summed E-state index contributed by atoms with van der Waals surface area (Å²) in [5.41, 5.74) is 4.85. The Kier molecular flexibility index (Phi) is 6.88. The summed E-state index contributed by atoms with van der Waals surface area (Å²) in [7, 11) is 3.37. The van der Waals surface area contributed by atoms with Gasteiger partial charge in [0.25, 0.3) is 5.91 Å². The molecule has 2 aromatic carbocycles. The van der Waals surface area contributed by atoms with E-state index in [1.165, 1.54) is 0 Å². The fourth-order valence-electron chi connectivity index (χ4n) is 5.29. The van der Waals surface area contributed by atoms with Crippen LogP contribution in [0.25, 0.3) is 10.9 Å². The number of ether oxygens (including phenoxy) is 2. The van der Waals surface area contributed by atoms with Crippen LogP contribution in [0.15, 0.2) is 60.9 Å². The highest BCUT2D eigenvalue weighted by molar-refractivity contribution is 6.31. The predicted molar refractivity (Wildman–Crippen MR) is 142 cm³/mol. The number of aromatic nitrogens is 2. The molecule has 0 atom stereocenters. The van der Waals surface area contributed by atoms with Crippen molar-refractivity contribution < 1.29 is 14.3 Å². The molecule has 0 saturated carbocycles. The average molecular weight is 504 g/mol. The van der Waals surface area contributed by atoms with Crippen molar-refractivity contribution in [1.82, 2.24) is 14.5 Å². The normalized spacial score (nSPS) is 14.3. The zero-order valence-electron chi connectivity index (χ0n) is 20.8. The van der Waals surface area contributed by atoms with Crippen molar-refractivity contribution in [3.63, 3.8) is 0 Å². The van der Waals surface area contributed by atoms with Crippen LogP contribution >= 0.6 is 11.6 Å². The van der Waals surface area contributed by atoms with Crippen molar-refractivity contribution in [2.24, 2.45) is 0 Å². The van der Waals surface area contributed by atoms with Crippen LogP contribution in [0.1, 0.15) is 45.9 Å². The minimum atomic E-state index is 0.0532. The fourth-order valence-corrected chi connectivity index (χ4v) is 5.46. The molecule has 2 aromatic heterocycles. The molecule has 6 nitrogen and oxygen atoms in total. The van der Waals surface area contributed by atoms with Crippen LogP contribution in [0.5, 0.6) is 11.5 Å². The third-order valence-electron chi connectivity index (χ3n) is 7.05. The monoisotopic (exact) mass is 503 g/mol. The summed E-state index contributed by atoms with van der Waals surface area (Å²) in [6, 6.07) is 15.7. The van der Waals surface area contributed by atoms with Crippen LogP contribution in [0.3, 0.4) is 0 Å². The number of hydrogen-bond donors (Lipinski definition) is 0. The number of piperidine rings is 1. The van der Waals surface area contributed by atoms with Crippen LogP contribution in [-0.4, -0.2) is 47.7 Å². The number of hydrogen-bond acceptors (Lipinski definition) is 4. The van der Waals surface area contributed by atoms with Gasteiger partial charge < -0.3 is 18.9 Å². The third-order valence-corrected chi connectivity index (χ3v) is 7.28. The van der Waals surface area contributed by atoms with Gasteiger partial charge in [-0.05, 0) is 67.6 Å². The molecule has 7 heteroatoms. The van der Waals surface area contributed by atoms with E-state index in [9.17, 15) is 4.79 Å². The minimum Gasteiger partial charge on any atom is -0.496 e. The first-order valence-corrected chi connectivity index (χ1v) is 12.6. The second kappa shape index (κ2) is 10.2. The van der Waals surface area contributed by atoms with Crippen molar-refractivity contribution in [2.45, 2.75) is 32.2 Å². The lowest BCUT2D eigenvalue weighted by atomic mass is 9.88. The van der Waals surface area contributed by atoms with Crippen molar-refractivity contribution in [3.8, 4) is 11.5 Å². The first-order valence-electron chi connectivity index (χ1n) is 12.2. The zero-order chi connectivity index (χ0) is 25.2. The standard InChI is InChI=1S/C29H30ClN3O3/c1-19-15-20(9-12-31-19)17-33-18-24(23-8-7-22(30)16-25(23)33)29(34)32-13-10-21(11-14-32)28-26(35-2)5-4-6-27(28)36-3/h4-9,12,15-16,18,21H,10-11,13-14,17H2,1-3H3. The number of fused-ring (bicyclic) bond motifs is 1. The summed E-state index contributed by atoms with van der Waals surface area (Å²) in [4.78, 5) is 20.0. The number of halogens is 1. The molecule has 0 spiro atoms. The highest BCUT2D eigenvalue weighted by Gasteiger charge is 2.29. The Labute approximate surface area is 216 Å². The van der Waals surface area contributed by atoms with E-state index >= 15 is 0 Å². The van der Waals surface area contributed by atoms with Gasteiger partial charge in [0, 0.05) is 53.7 Å². The Balaban J connectivity index is 1.40. The molecule has 1 fully saturated rings. The Hall–Kier alpha value is -3.51.